The first-order valence-corrected chi connectivity index (χ1v) is 11.0. The van der Waals surface area contributed by atoms with Crippen molar-refractivity contribution < 1.29 is 19.1 Å². The Morgan fingerprint density at radius 1 is 1.06 bits per heavy atom. The maximum absolute atomic E-state index is 12.5. The summed E-state index contributed by atoms with van der Waals surface area (Å²) in [7, 11) is 3.11. The Morgan fingerprint density at radius 2 is 1.74 bits per heavy atom. The Bertz CT molecular complexity index is 935. The molecule has 1 N–H and O–H groups in total. The van der Waals surface area contributed by atoms with Gasteiger partial charge in [-0.25, -0.2) is 0 Å². The predicted octanol–water partition coefficient (Wildman–Crippen LogP) is 4.15. The Labute approximate surface area is 191 Å². The number of methoxy groups -OCH3 is 2. The summed E-state index contributed by atoms with van der Waals surface area (Å²) in [5, 5.41) is 3.00. The highest BCUT2D eigenvalue weighted by Crippen LogP contribution is 2.27. The molecule has 0 aliphatic carbocycles. The fourth-order valence-electron chi connectivity index (χ4n) is 3.52. The number of carbonyl (C=O) groups is 2. The number of hydrogen-bond donors (Lipinski definition) is 1. The van der Waals surface area contributed by atoms with Gasteiger partial charge >= 0.3 is 0 Å². The highest BCUT2D eigenvalue weighted by atomic mass is 79.9. The third kappa shape index (κ3) is 6.34. The van der Waals surface area contributed by atoms with Crippen molar-refractivity contribution in [2.24, 2.45) is 5.92 Å². The van der Waals surface area contributed by atoms with Gasteiger partial charge in [0, 0.05) is 35.7 Å². The monoisotopic (exact) mass is 486 g/mol. The normalized spacial score (nSPS) is 14.5. The van der Waals surface area contributed by atoms with Crippen LogP contribution in [0.1, 0.15) is 28.8 Å². The van der Waals surface area contributed by atoms with Crippen LogP contribution in [-0.2, 0) is 4.79 Å². The number of carbonyl (C=O) groups excluding carboxylic acids is 2. The molecule has 0 unspecified atom stereocenters. The van der Waals surface area contributed by atoms with E-state index in [0.717, 1.165) is 22.9 Å². The van der Waals surface area contributed by atoms with Gasteiger partial charge in [0.05, 0.1) is 14.2 Å². The number of benzene rings is 2. The quantitative estimate of drug-likeness (QED) is 0.596. The molecule has 1 fully saturated rings. The second-order valence-corrected chi connectivity index (χ2v) is 8.35. The molecule has 2 amide bonds. The van der Waals surface area contributed by atoms with E-state index < -0.39 is 0 Å². The summed E-state index contributed by atoms with van der Waals surface area (Å²) >= 11 is 3.40. The average molecular weight is 487 g/mol. The van der Waals surface area contributed by atoms with Gasteiger partial charge in [-0.05, 0) is 60.7 Å². The first kappa shape index (κ1) is 22.9. The molecule has 31 heavy (non-hydrogen) atoms. The number of hydrogen-bond acceptors (Lipinski definition) is 4. The van der Waals surface area contributed by atoms with Crippen LogP contribution in [0.3, 0.4) is 0 Å². The van der Waals surface area contributed by atoms with Gasteiger partial charge in [0.25, 0.3) is 5.91 Å². The third-order valence-electron chi connectivity index (χ3n) is 5.41. The van der Waals surface area contributed by atoms with E-state index in [0.29, 0.717) is 42.6 Å². The minimum atomic E-state index is -0.142. The van der Waals surface area contributed by atoms with Gasteiger partial charge in [0.1, 0.15) is 0 Å². The van der Waals surface area contributed by atoms with Crippen molar-refractivity contribution in [2.75, 3.05) is 33.9 Å². The molecular weight excluding hydrogens is 460 g/mol. The average Bonchev–Trinajstić information content (AvgIpc) is 2.81. The Balaban J connectivity index is 1.45. The summed E-state index contributed by atoms with van der Waals surface area (Å²) in [5.41, 5.74) is 1.52. The molecule has 0 aromatic heterocycles. The van der Waals surface area contributed by atoms with Crippen molar-refractivity contribution in [3.8, 4) is 11.5 Å². The van der Waals surface area contributed by atoms with Gasteiger partial charge < -0.3 is 19.7 Å². The topological polar surface area (TPSA) is 67.9 Å². The Morgan fingerprint density at radius 3 is 2.39 bits per heavy atom. The molecule has 1 aliphatic rings. The van der Waals surface area contributed by atoms with E-state index in [-0.39, 0.29) is 11.8 Å². The van der Waals surface area contributed by atoms with Crippen LogP contribution in [0.4, 0.5) is 0 Å². The molecule has 164 valence electrons. The molecule has 3 rings (SSSR count). The van der Waals surface area contributed by atoms with Crippen LogP contribution in [0.5, 0.6) is 11.5 Å². The van der Waals surface area contributed by atoms with Gasteiger partial charge in [0.2, 0.25) is 5.91 Å². The molecule has 7 heteroatoms. The van der Waals surface area contributed by atoms with Crippen molar-refractivity contribution in [3.05, 3.63) is 64.1 Å². The maximum Gasteiger partial charge on any atom is 0.251 e. The first-order valence-electron chi connectivity index (χ1n) is 10.2. The van der Waals surface area contributed by atoms with Crippen molar-refractivity contribution in [2.45, 2.75) is 12.8 Å². The number of halogens is 1. The molecule has 0 atom stereocenters. The lowest BCUT2D eigenvalue weighted by atomic mass is 9.96. The molecule has 0 radical (unpaired) electrons. The SMILES string of the molecule is COc1ccc(C(=O)NCC2CCN(C(=O)/C=C/c3ccc(Br)cc3)CC2)cc1OC. The number of ether oxygens (including phenoxy) is 2. The molecule has 0 spiro atoms. The zero-order chi connectivity index (χ0) is 22.2. The van der Waals surface area contributed by atoms with Crippen molar-refractivity contribution in [1.82, 2.24) is 10.2 Å². The minimum absolute atomic E-state index is 0.0238. The molecule has 1 aliphatic heterocycles. The van der Waals surface area contributed by atoms with Crippen LogP contribution in [-0.4, -0.2) is 50.6 Å². The second kappa shape index (κ2) is 11.0. The van der Waals surface area contributed by atoms with Crippen LogP contribution >= 0.6 is 15.9 Å². The van der Waals surface area contributed by atoms with Crippen LogP contribution < -0.4 is 14.8 Å². The van der Waals surface area contributed by atoms with Gasteiger partial charge in [-0.2, -0.15) is 0 Å². The lowest BCUT2D eigenvalue weighted by Gasteiger charge is -2.31. The fourth-order valence-corrected chi connectivity index (χ4v) is 3.79. The maximum atomic E-state index is 12.5. The molecule has 0 saturated carbocycles. The second-order valence-electron chi connectivity index (χ2n) is 7.43. The van der Waals surface area contributed by atoms with E-state index in [1.807, 2.05) is 35.2 Å². The zero-order valence-electron chi connectivity index (χ0n) is 17.8. The summed E-state index contributed by atoms with van der Waals surface area (Å²) in [5.74, 6) is 1.35. The number of likely N-dealkylation sites (tertiary alicyclic amines) is 1. The van der Waals surface area contributed by atoms with Gasteiger partial charge in [-0.1, -0.05) is 28.1 Å². The van der Waals surface area contributed by atoms with Crippen LogP contribution in [0.2, 0.25) is 0 Å². The largest absolute Gasteiger partial charge is 0.493 e. The molecule has 2 aromatic carbocycles. The summed E-state index contributed by atoms with van der Waals surface area (Å²) in [6, 6.07) is 12.9. The standard InChI is InChI=1S/C24H27BrN2O4/c1-30-21-9-6-19(15-22(21)31-2)24(29)26-16-18-11-13-27(14-12-18)23(28)10-5-17-3-7-20(25)8-4-17/h3-10,15,18H,11-14,16H2,1-2H3,(H,26,29)/b10-5+. The van der Waals surface area contributed by atoms with E-state index in [2.05, 4.69) is 21.2 Å². The molecule has 1 saturated heterocycles. The lowest BCUT2D eigenvalue weighted by molar-refractivity contribution is -0.127. The molecule has 1 heterocycles. The van der Waals surface area contributed by atoms with Crippen molar-refractivity contribution in [3.63, 3.8) is 0 Å². The van der Waals surface area contributed by atoms with Gasteiger partial charge in [-0.3, -0.25) is 9.59 Å². The number of nitrogens with one attached hydrogen (secondary N) is 1. The summed E-state index contributed by atoms with van der Waals surface area (Å²) in [4.78, 5) is 26.8. The third-order valence-corrected chi connectivity index (χ3v) is 5.94. The first-order chi connectivity index (χ1) is 15.0. The number of nitrogens with zero attached hydrogens (tertiary/aromatic N) is 1. The highest BCUT2D eigenvalue weighted by molar-refractivity contribution is 9.10. The number of rotatable bonds is 7. The summed E-state index contributed by atoms with van der Waals surface area (Å²) in [6.45, 7) is 1.98. The Hall–Kier alpha value is -2.80. The van der Waals surface area contributed by atoms with Crippen LogP contribution in [0.15, 0.2) is 53.0 Å². The van der Waals surface area contributed by atoms with Gasteiger partial charge in [0.15, 0.2) is 11.5 Å². The molecule has 2 aromatic rings. The van der Waals surface area contributed by atoms with Crippen LogP contribution in [0.25, 0.3) is 6.08 Å². The van der Waals surface area contributed by atoms with Crippen molar-refractivity contribution >= 4 is 33.8 Å². The van der Waals surface area contributed by atoms with E-state index in [4.69, 9.17) is 9.47 Å². The predicted molar refractivity (Wildman–Crippen MR) is 124 cm³/mol. The smallest absolute Gasteiger partial charge is 0.251 e. The zero-order valence-corrected chi connectivity index (χ0v) is 19.4. The van der Waals surface area contributed by atoms with Crippen molar-refractivity contribution in [1.29, 1.82) is 0 Å². The fraction of sp³-hybridized carbons (Fsp3) is 0.333. The van der Waals surface area contributed by atoms with E-state index >= 15 is 0 Å². The molecule has 6 nitrogen and oxygen atoms in total. The van der Waals surface area contributed by atoms with E-state index in [9.17, 15) is 9.59 Å². The Kier molecular flexibility index (Phi) is 8.12. The molecule has 0 bridgehead atoms. The van der Waals surface area contributed by atoms with Crippen LogP contribution in [0, 0.1) is 5.92 Å². The molecular formula is C24H27BrN2O4. The number of piperidine rings is 1. The van der Waals surface area contributed by atoms with E-state index in [1.165, 1.54) is 0 Å². The summed E-state index contributed by atoms with van der Waals surface area (Å²) in [6.07, 6.45) is 5.20. The lowest BCUT2D eigenvalue weighted by Crippen LogP contribution is -2.41. The highest BCUT2D eigenvalue weighted by Gasteiger charge is 2.22. The number of amides is 2. The van der Waals surface area contributed by atoms with E-state index in [1.54, 1.807) is 38.5 Å². The van der Waals surface area contributed by atoms with Gasteiger partial charge in [-0.15, -0.1) is 0 Å². The summed E-state index contributed by atoms with van der Waals surface area (Å²) < 4.78 is 11.5. The minimum Gasteiger partial charge on any atom is -0.493 e.